The van der Waals surface area contributed by atoms with Gasteiger partial charge < -0.3 is 4.79 Å². The summed E-state index contributed by atoms with van der Waals surface area (Å²) in [6, 6.07) is 7.02. The molecule has 1 aliphatic rings. The van der Waals surface area contributed by atoms with Crippen LogP contribution in [0.2, 0.25) is 0 Å². The largest absolute Gasteiger partial charge is 0.301 e. The van der Waals surface area contributed by atoms with Crippen LogP contribution in [0.1, 0.15) is 29.8 Å². The van der Waals surface area contributed by atoms with Crippen LogP contribution in [-0.2, 0) is 15.0 Å². The molecule has 0 fully saturated rings. The summed E-state index contributed by atoms with van der Waals surface area (Å²) in [6.45, 7) is 3.34. The SMILES string of the molecule is CC1(C)C(=O)N(CC=O)C(=O)c2ccccc21. The highest BCUT2D eigenvalue weighted by Crippen LogP contribution is 2.33. The Morgan fingerprint density at radius 1 is 1.24 bits per heavy atom. The molecule has 0 unspecified atom stereocenters. The van der Waals surface area contributed by atoms with Gasteiger partial charge in [0.1, 0.15) is 6.29 Å². The van der Waals surface area contributed by atoms with Crippen LogP contribution in [0.15, 0.2) is 24.3 Å². The lowest BCUT2D eigenvalue weighted by molar-refractivity contribution is -0.135. The van der Waals surface area contributed by atoms with Gasteiger partial charge in [-0.2, -0.15) is 0 Å². The minimum absolute atomic E-state index is 0.185. The Balaban J connectivity index is 2.62. The smallest absolute Gasteiger partial charge is 0.261 e. The average Bonchev–Trinajstić information content (AvgIpc) is 2.33. The summed E-state index contributed by atoms with van der Waals surface area (Å²) in [5.41, 5.74) is 0.448. The summed E-state index contributed by atoms with van der Waals surface area (Å²) in [6.07, 6.45) is 0.569. The van der Waals surface area contributed by atoms with Crippen molar-refractivity contribution in [2.75, 3.05) is 6.54 Å². The molecule has 0 saturated heterocycles. The zero-order valence-corrected chi connectivity index (χ0v) is 9.77. The monoisotopic (exact) mass is 231 g/mol. The third-order valence-corrected chi connectivity index (χ3v) is 3.11. The Hall–Kier alpha value is -1.97. The second-order valence-electron chi connectivity index (χ2n) is 4.56. The fourth-order valence-electron chi connectivity index (χ4n) is 2.15. The van der Waals surface area contributed by atoms with Gasteiger partial charge in [0.05, 0.1) is 12.0 Å². The molecular weight excluding hydrogens is 218 g/mol. The highest BCUT2D eigenvalue weighted by atomic mass is 16.2. The van der Waals surface area contributed by atoms with Crippen molar-refractivity contribution in [2.24, 2.45) is 0 Å². The van der Waals surface area contributed by atoms with Crippen molar-refractivity contribution in [1.29, 1.82) is 0 Å². The Kier molecular flexibility index (Phi) is 2.58. The number of carbonyl (C=O) groups excluding carboxylic acids is 3. The summed E-state index contributed by atoms with van der Waals surface area (Å²) in [5, 5.41) is 0. The van der Waals surface area contributed by atoms with Crippen molar-refractivity contribution in [3.63, 3.8) is 0 Å². The van der Waals surface area contributed by atoms with Crippen LogP contribution >= 0.6 is 0 Å². The first kappa shape index (κ1) is 11.5. The molecule has 0 radical (unpaired) electrons. The van der Waals surface area contributed by atoms with Crippen molar-refractivity contribution in [1.82, 2.24) is 4.90 Å². The maximum absolute atomic E-state index is 12.2. The van der Waals surface area contributed by atoms with Gasteiger partial charge in [-0.15, -0.1) is 0 Å². The number of hydrogen-bond acceptors (Lipinski definition) is 3. The number of nitrogens with zero attached hydrogens (tertiary/aromatic N) is 1. The molecule has 88 valence electrons. The summed E-state index contributed by atoms with van der Waals surface area (Å²) in [5.74, 6) is -0.717. The highest BCUT2D eigenvalue weighted by Gasteiger charge is 2.43. The van der Waals surface area contributed by atoms with Gasteiger partial charge in [0.15, 0.2) is 0 Å². The average molecular weight is 231 g/mol. The lowest BCUT2D eigenvalue weighted by Gasteiger charge is -2.36. The molecule has 4 nitrogen and oxygen atoms in total. The van der Waals surface area contributed by atoms with Gasteiger partial charge in [-0.05, 0) is 25.5 Å². The molecule has 0 aromatic heterocycles. The molecule has 4 heteroatoms. The Morgan fingerprint density at radius 2 is 1.88 bits per heavy atom. The van der Waals surface area contributed by atoms with Crippen LogP contribution in [0.25, 0.3) is 0 Å². The van der Waals surface area contributed by atoms with E-state index in [0.29, 0.717) is 11.8 Å². The molecule has 0 N–H and O–H groups in total. The fraction of sp³-hybridized carbons (Fsp3) is 0.308. The van der Waals surface area contributed by atoms with Crippen LogP contribution in [0.4, 0.5) is 0 Å². The highest BCUT2D eigenvalue weighted by molar-refractivity contribution is 6.13. The molecule has 0 spiro atoms. The van der Waals surface area contributed by atoms with Crippen LogP contribution in [-0.4, -0.2) is 29.5 Å². The number of rotatable bonds is 2. The maximum atomic E-state index is 12.2. The molecule has 1 heterocycles. The topological polar surface area (TPSA) is 54.5 Å². The molecule has 2 rings (SSSR count). The molecular formula is C13H13NO3. The fourth-order valence-corrected chi connectivity index (χ4v) is 2.15. The van der Waals surface area contributed by atoms with Crippen LogP contribution in [0.5, 0.6) is 0 Å². The molecule has 17 heavy (non-hydrogen) atoms. The summed E-state index contributed by atoms with van der Waals surface area (Å²) >= 11 is 0. The quantitative estimate of drug-likeness (QED) is 0.566. The Bertz CT molecular complexity index is 505. The molecule has 1 aromatic rings. The summed E-state index contributed by atoms with van der Waals surface area (Å²) in [7, 11) is 0. The molecule has 1 aliphatic heterocycles. The third-order valence-electron chi connectivity index (χ3n) is 3.11. The minimum Gasteiger partial charge on any atom is -0.301 e. The standard InChI is InChI=1S/C13H13NO3/c1-13(2)10-6-4-3-5-9(10)11(16)14(7-8-15)12(13)17/h3-6,8H,7H2,1-2H3. The van der Waals surface area contributed by atoms with E-state index in [4.69, 9.17) is 0 Å². The van der Waals surface area contributed by atoms with Gasteiger partial charge >= 0.3 is 0 Å². The number of hydrogen-bond donors (Lipinski definition) is 0. The van der Waals surface area contributed by atoms with E-state index in [9.17, 15) is 14.4 Å². The second-order valence-corrected chi connectivity index (χ2v) is 4.56. The van der Waals surface area contributed by atoms with Crippen molar-refractivity contribution < 1.29 is 14.4 Å². The van der Waals surface area contributed by atoms with Crippen molar-refractivity contribution in [3.8, 4) is 0 Å². The van der Waals surface area contributed by atoms with Crippen molar-refractivity contribution in [3.05, 3.63) is 35.4 Å². The molecule has 2 amide bonds. The van der Waals surface area contributed by atoms with E-state index >= 15 is 0 Å². The number of imide groups is 1. The zero-order chi connectivity index (χ0) is 12.6. The van der Waals surface area contributed by atoms with E-state index in [1.807, 2.05) is 0 Å². The second kappa shape index (κ2) is 3.80. The molecule has 0 bridgehead atoms. The lowest BCUT2D eigenvalue weighted by Crippen LogP contribution is -2.52. The first-order valence-corrected chi connectivity index (χ1v) is 5.39. The normalized spacial score (nSPS) is 17.9. The summed E-state index contributed by atoms with van der Waals surface area (Å²) in [4.78, 5) is 35.8. The zero-order valence-electron chi connectivity index (χ0n) is 9.77. The van der Waals surface area contributed by atoms with Crippen molar-refractivity contribution in [2.45, 2.75) is 19.3 Å². The molecule has 0 saturated carbocycles. The number of amides is 2. The van der Waals surface area contributed by atoms with Gasteiger partial charge in [0.25, 0.3) is 5.91 Å². The number of carbonyl (C=O) groups is 3. The van der Waals surface area contributed by atoms with E-state index in [0.717, 1.165) is 10.5 Å². The van der Waals surface area contributed by atoms with E-state index in [-0.39, 0.29) is 12.5 Å². The summed E-state index contributed by atoms with van der Waals surface area (Å²) < 4.78 is 0. The number of aldehydes is 1. The maximum Gasteiger partial charge on any atom is 0.261 e. The van der Waals surface area contributed by atoms with Gasteiger partial charge in [-0.25, -0.2) is 0 Å². The Labute approximate surface area is 99.2 Å². The van der Waals surface area contributed by atoms with Crippen LogP contribution < -0.4 is 0 Å². The molecule has 0 aliphatic carbocycles. The third kappa shape index (κ3) is 1.56. The lowest BCUT2D eigenvalue weighted by atomic mass is 9.77. The van der Waals surface area contributed by atoms with Gasteiger partial charge in [-0.1, -0.05) is 18.2 Å². The van der Waals surface area contributed by atoms with Gasteiger partial charge in [0.2, 0.25) is 5.91 Å². The molecule has 1 aromatic carbocycles. The van der Waals surface area contributed by atoms with E-state index in [1.54, 1.807) is 38.1 Å². The Morgan fingerprint density at radius 3 is 2.53 bits per heavy atom. The van der Waals surface area contributed by atoms with Crippen LogP contribution in [0, 0.1) is 0 Å². The van der Waals surface area contributed by atoms with Gasteiger partial charge in [-0.3, -0.25) is 14.5 Å². The van der Waals surface area contributed by atoms with Crippen molar-refractivity contribution >= 4 is 18.1 Å². The van der Waals surface area contributed by atoms with Crippen LogP contribution in [0.3, 0.4) is 0 Å². The molecule has 0 atom stereocenters. The predicted molar refractivity (Wildman–Crippen MR) is 61.6 cm³/mol. The predicted octanol–water partition coefficient (Wildman–Crippen LogP) is 1.15. The van der Waals surface area contributed by atoms with E-state index in [2.05, 4.69) is 0 Å². The first-order chi connectivity index (χ1) is 8.00. The van der Waals surface area contributed by atoms with E-state index < -0.39 is 11.3 Å². The first-order valence-electron chi connectivity index (χ1n) is 5.39. The number of fused-ring (bicyclic) bond motifs is 1. The number of benzene rings is 1. The van der Waals surface area contributed by atoms with E-state index in [1.165, 1.54) is 0 Å². The van der Waals surface area contributed by atoms with Gasteiger partial charge in [0, 0.05) is 5.56 Å². The minimum atomic E-state index is -0.770.